The lowest BCUT2D eigenvalue weighted by atomic mass is 9.78. The third-order valence-corrected chi connectivity index (χ3v) is 4.43. The number of ether oxygens (including phenoxy) is 2. The van der Waals surface area contributed by atoms with Crippen LogP contribution in [0.4, 0.5) is 5.69 Å². The second-order valence-electron chi connectivity index (χ2n) is 6.11. The molecule has 124 valence electrons. The van der Waals surface area contributed by atoms with Crippen LogP contribution < -0.4 is 10.1 Å². The van der Waals surface area contributed by atoms with Crippen molar-refractivity contribution in [3.8, 4) is 11.8 Å². The lowest BCUT2D eigenvalue weighted by Gasteiger charge is -2.37. The Bertz CT molecular complexity index is 609. The van der Waals surface area contributed by atoms with Gasteiger partial charge in [-0.25, -0.2) is 0 Å². The van der Waals surface area contributed by atoms with Crippen molar-refractivity contribution in [1.82, 2.24) is 0 Å². The highest BCUT2D eigenvalue weighted by molar-refractivity contribution is 5.98. The summed E-state index contributed by atoms with van der Waals surface area (Å²) in [6.45, 7) is 4.55. The van der Waals surface area contributed by atoms with Gasteiger partial charge >= 0.3 is 0 Å². The predicted molar refractivity (Wildman–Crippen MR) is 88.3 cm³/mol. The molecule has 1 N–H and O–H groups in total. The van der Waals surface area contributed by atoms with Gasteiger partial charge in [0.1, 0.15) is 17.4 Å². The molecule has 2 rings (SSSR count). The zero-order valence-corrected chi connectivity index (χ0v) is 14.0. The van der Waals surface area contributed by atoms with E-state index in [0.717, 1.165) is 12.8 Å². The Hall–Kier alpha value is -2.06. The van der Waals surface area contributed by atoms with Crippen LogP contribution in [-0.4, -0.2) is 25.2 Å². The Balaban J connectivity index is 2.20. The summed E-state index contributed by atoms with van der Waals surface area (Å²) < 4.78 is 11.0. The Morgan fingerprint density at radius 2 is 2.30 bits per heavy atom. The van der Waals surface area contributed by atoms with Crippen LogP contribution in [-0.2, 0) is 9.53 Å². The molecule has 1 amide bonds. The monoisotopic (exact) mass is 316 g/mol. The normalized spacial score (nSPS) is 23.8. The van der Waals surface area contributed by atoms with Gasteiger partial charge in [0.05, 0.1) is 17.9 Å². The Labute approximate surface area is 137 Å². The molecule has 0 heterocycles. The number of benzene rings is 1. The second-order valence-corrected chi connectivity index (χ2v) is 6.11. The van der Waals surface area contributed by atoms with Gasteiger partial charge in [-0.05, 0) is 50.3 Å². The van der Waals surface area contributed by atoms with Gasteiger partial charge in [-0.1, -0.05) is 13.3 Å². The van der Waals surface area contributed by atoms with Crippen LogP contribution in [0.5, 0.6) is 5.75 Å². The highest BCUT2D eigenvalue weighted by Crippen LogP contribution is 2.36. The van der Waals surface area contributed by atoms with Crippen LogP contribution >= 0.6 is 0 Å². The average molecular weight is 316 g/mol. The van der Waals surface area contributed by atoms with Gasteiger partial charge in [0.25, 0.3) is 5.91 Å². The van der Waals surface area contributed by atoms with Crippen LogP contribution in [0.2, 0.25) is 0 Å². The van der Waals surface area contributed by atoms with E-state index in [1.165, 1.54) is 0 Å². The molecule has 1 fully saturated rings. The molecular weight excluding hydrogens is 292 g/mol. The minimum Gasteiger partial charge on any atom is -0.494 e. The maximum atomic E-state index is 12.8. The summed E-state index contributed by atoms with van der Waals surface area (Å²) in [6.07, 6.45) is 3.49. The Morgan fingerprint density at radius 1 is 1.52 bits per heavy atom. The van der Waals surface area contributed by atoms with Gasteiger partial charge < -0.3 is 14.8 Å². The largest absolute Gasteiger partial charge is 0.494 e. The van der Waals surface area contributed by atoms with E-state index in [9.17, 15) is 10.1 Å². The van der Waals surface area contributed by atoms with Crippen LogP contribution in [0, 0.1) is 17.2 Å². The molecule has 0 aromatic heterocycles. The SMILES string of the molecule is CCOc1ccc(NC(=O)[C@]2(OC)CCC[C@@H](C)C2)c(C#N)c1. The highest BCUT2D eigenvalue weighted by Gasteiger charge is 2.42. The van der Waals surface area contributed by atoms with E-state index in [1.54, 1.807) is 25.3 Å². The summed E-state index contributed by atoms with van der Waals surface area (Å²) in [5.74, 6) is 0.896. The first-order valence-corrected chi connectivity index (χ1v) is 8.08. The van der Waals surface area contributed by atoms with Crippen LogP contribution in [0.15, 0.2) is 18.2 Å². The van der Waals surface area contributed by atoms with Crippen LogP contribution in [0.3, 0.4) is 0 Å². The number of nitriles is 1. The molecule has 5 nitrogen and oxygen atoms in total. The molecule has 0 saturated heterocycles. The molecule has 0 bridgehead atoms. The summed E-state index contributed by atoms with van der Waals surface area (Å²) in [4.78, 5) is 12.8. The van der Waals surface area contributed by atoms with Crippen LogP contribution in [0.1, 0.15) is 45.1 Å². The minimum absolute atomic E-state index is 0.174. The quantitative estimate of drug-likeness (QED) is 0.902. The molecule has 2 atom stereocenters. The van der Waals surface area contributed by atoms with E-state index < -0.39 is 5.60 Å². The number of rotatable bonds is 5. The number of nitrogens with one attached hydrogen (secondary N) is 1. The molecule has 0 unspecified atom stereocenters. The van der Waals surface area contributed by atoms with Gasteiger partial charge in [-0.2, -0.15) is 5.26 Å². The fourth-order valence-corrected chi connectivity index (χ4v) is 3.20. The number of hydrogen-bond acceptors (Lipinski definition) is 4. The smallest absolute Gasteiger partial charge is 0.256 e. The lowest BCUT2D eigenvalue weighted by Crippen LogP contribution is -2.48. The van der Waals surface area contributed by atoms with E-state index in [4.69, 9.17) is 9.47 Å². The second kappa shape index (κ2) is 7.47. The third kappa shape index (κ3) is 3.83. The summed E-state index contributed by atoms with van der Waals surface area (Å²) in [5, 5.41) is 12.2. The van der Waals surface area contributed by atoms with E-state index in [0.29, 0.717) is 42.4 Å². The Morgan fingerprint density at radius 3 is 2.91 bits per heavy atom. The van der Waals surface area contributed by atoms with Gasteiger partial charge in [-0.3, -0.25) is 4.79 Å². The van der Waals surface area contributed by atoms with Crippen molar-refractivity contribution in [3.05, 3.63) is 23.8 Å². The lowest BCUT2D eigenvalue weighted by molar-refractivity contribution is -0.143. The molecule has 1 aliphatic carbocycles. The molecule has 5 heteroatoms. The van der Waals surface area contributed by atoms with Gasteiger partial charge in [0.2, 0.25) is 0 Å². The van der Waals surface area contributed by atoms with Crippen LogP contribution in [0.25, 0.3) is 0 Å². The van der Waals surface area contributed by atoms with E-state index >= 15 is 0 Å². The number of carbonyl (C=O) groups excluding carboxylic acids is 1. The molecule has 1 aromatic carbocycles. The fraction of sp³-hybridized carbons (Fsp3) is 0.556. The average Bonchev–Trinajstić information content (AvgIpc) is 2.56. The topological polar surface area (TPSA) is 71.3 Å². The molecule has 1 saturated carbocycles. The molecule has 0 radical (unpaired) electrons. The molecular formula is C18H24N2O3. The van der Waals surface area contributed by atoms with Crippen molar-refractivity contribution < 1.29 is 14.3 Å². The summed E-state index contributed by atoms with van der Waals surface area (Å²) >= 11 is 0. The van der Waals surface area contributed by atoms with E-state index in [-0.39, 0.29) is 5.91 Å². The summed E-state index contributed by atoms with van der Waals surface area (Å²) in [6, 6.07) is 7.21. The number of carbonyl (C=O) groups is 1. The minimum atomic E-state index is -0.803. The zero-order valence-electron chi connectivity index (χ0n) is 14.0. The van der Waals surface area contributed by atoms with Gasteiger partial charge in [0.15, 0.2) is 0 Å². The summed E-state index contributed by atoms with van der Waals surface area (Å²) in [7, 11) is 1.58. The molecule has 0 aliphatic heterocycles. The maximum absolute atomic E-state index is 12.8. The predicted octanol–water partition coefficient (Wildman–Crippen LogP) is 3.49. The van der Waals surface area contributed by atoms with Gasteiger partial charge in [-0.15, -0.1) is 0 Å². The Kier molecular flexibility index (Phi) is 5.62. The number of anilines is 1. The first-order valence-electron chi connectivity index (χ1n) is 8.08. The zero-order chi connectivity index (χ0) is 16.9. The van der Waals surface area contributed by atoms with E-state index in [1.807, 2.05) is 6.92 Å². The van der Waals surface area contributed by atoms with Crippen molar-refractivity contribution in [2.24, 2.45) is 5.92 Å². The summed E-state index contributed by atoms with van der Waals surface area (Å²) in [5.41, 5.74) is 0.0817. The van der Waals surface area contributed by atoms with Crippen molar-refractivity contribution in [3.63, 3.8) is 0 Å². The van der Waals surface area contributed by atoms with Gasteiger partial charge in [0, 0.05) is 7.11 Å². The van der Waals surface area contributed by atoms with Crippen molar-refractivity contribution in [2.75, 3.05) is 19.0 Å². The highest BCUT2D eigenvalue weighted by atomic mass is 16.5. The number of hydrogen-bond donors (Lipinski definition) is 1. The first kappa shape index (κ1) is 17.3. The maximum Gasteiger partial charge on any atom is 0.256 e. The number of amides is 1. The van der Waals surface area contributed by atoms with Crippen molar-refractivity contribution in [2.45, 2.75) is 45.1 Å². The third-order valence-electron chi connectivity index (χ3n) is 4.43. The molecule has 23 heavy (non-hydrogen) atoms. The molecule has 1 aromatic rings. The van der Waals surface area contributed by atoms with Crippen molar-refractivity contribution >= 4 is 11.6 Å². The molecule has 1 aliphatic rings. The number of methoxy groups -OCH3 is 1. The molecule has 0 spiro atoms. The van der Waals surface area contributed by atoms with E-state index in [2.05, 4.69) is 18.3 Å². The van der Waals surface area contributed by atoms with Crippen molar-refractivity contribution in [1.29, 1.82) is 5.26 Å². The first-order chi connectivity index (χ1) is 11.0. The fourth-order valence-electron chi connectivity index (χ4n) is 3.20. The number of nitrogens with zero attached hydrogens (tertiary/aromatic N) is 1. The standard InChI is InChI=1S/C18H24N2O3/c1-4-23-15-7-8-16(14(10-15)12-19)20-17(21)18(22-3)9-5-6-13(2)11-18/h7-8,10,13H,4-6,9,11H2,1-3H3,(H,20,21)/t13-,18+/m1/s1.